The maximum Gasteiger partial charge on any atom is 0.407 e. The zero-order valence-electron chi connectivity index (χ0n) is 18.1. The fraction of sp³-hybridized carbons (Fsp3) is 0.789. The highest BCUT2D eigenvalue weighted by Crippen LogP contribution is 2.53. The van der Waals surface area contributed by atoms with Crippen LogP contribution in [0.4, 0.5) is 4.79 Å². The summed E-state index contributed by atoms with van der Waals surface area (Å²) in [4.78, 5) is 47.0. The van der Waals surface area contributed by atoms with E-state index in [0.717, 1.165) is 0 Å². The van der Waals surface area contributed by atoms with Gasteiger partial charge in [-0.3, -0.25) is 14.4 Å². The van der Waals surface area contributed by atoms with Crippen LogP contribution >= 0.6 is 8.46 Å². The molecule has 2 amide bonds. The van der Waals surface area contributed by atoms with Gasteiger partial charge in [-0.05, 0) is 19.8 Å². The lowest BCUT2D eigenvalue weighted by Gasteiger charge is -2.41. The van der Waals surface area contributed by atoms with Gasteiger partial charge in [0.25, 0.3) is 0 Å². The maximum atomic E-state index is 12.8. The van der Waals surface area contributed by atoms with E-state index in [1.165, 1.54) is 6.92 Å². The summed E-state index contributed by atoms with van der Waals surface area (Å²) >= 11 is 0. The number of aliphatic carboxylic acids is 1. The van der Waals surface area contributed by atoms with E-state index < -0.39 is 49.2 Å². The maximum absolute atomic E-state index is 12.8. The van der Waals surface area contributed by atoms with E-state index >= 15 is 0 Å². The Bertz CT molecular complexity index is 679. The number of carbonyl (C=O) groups excluding carboxylic acids is 3. The van der Waals surface area contributed by atoms with Crippen LogP contribution in [0, 0.1) is 11.3 Å². The molecule has 178 valence electrons. The normalized spacial score (nSPS) is 18.4. The molecule has 4 N–H and O–H groups in total. The van der Waals surface area contributed by atoms with E-state index in [1.807, 2.05) is 0 Å². The lowest BCUT2D eigenvalue weighted by Crippen LogP contribution is -2.56. The molecule has 0 saturated heterocycles. The second-order valence-corrected chi connectivity index (χ2v) is 9.19. The Hall–Kier alpha value is -2.13. The average Bonchev–Trinajstić information content (AvgIpc) is 3.22. The smallest absolute Gasteiger partial charge is 0.407 e. The van der Waals surface area contributed by atoms with Crippen LogP contribution in [0.1, 0.15) is 52.9 Å². The van der Waals surface area contributed by atoms with Gasteiger partial charge in [0.2, 0.25) is 5.91 Å². The first-order valence-corrected chi connectivity index (χ1v) is 11.3. The quantitative estimate of drug-likeness (QED) is 0.186. The molecule has 3 unspecified atom stereocenters. The number of carbonyl (C=O) groups is 4. The first kappa shape index (κ1) is 26.9. The van der Waals surface area contributed by atoms with Gasteiger partial charge in [-0.25, -0.2) is 4.79 Å². The van der Waals surface area contributed by atoms with Crippen LogP contribution < -0.4 is 10.6 Å². The Morgan fingerprint density at radius 2 is 1.68 bits per heavy atom. The molecular weight excluding hydrogens is 431 g/mol. The molecule has 0 bridgehead atoms. The molecule has 0 aromatic carbocycles. The molecule has 1 fully saturated rings. The molecule has 0 aliphatic heterocycles. The fourth-order valence-electron chi connectivity index (χ4n) is 3.49. The second kappa shape index (κ2) is 12.0. The minimum atomic E-state index is -1.88. The number of ether oxygens (including phenoxy) is 2. The summed E-state index contributed by atoms with van der Waals surface area (Å²) in [6.07, 6.45) is 0.805. The number of nitrogens with one attached hydrogen (secondary N) is 2. The number of carboxylic acid groups (broad SMARTS) is 1. The van der Waals surface area contributed by atoms with Crippen LogP contribution in [0.3, 0.4) is 0 Å². The SMILES string of the molecule is CC(C)C(=O)OCCOC(=O)NCCC(O)([PH2]=O)C1(C(=O)NC(C)C(=O)O)CCCC1. The Balaban J connectivity index is 2.63. The standard InChI is InChI=1S/C19H33N2O9P/c1-12(2)15(24)29-10-11-30-17(26)20-9-8-19(27,31-28)18(6-4-5-7-18)16(25)21-13(3)14(22)23/h12-13,27H,4-11,31H2,1-3H3,(H,20,26)(H,21,25)(H,22,23). The third-order valence-corrected chi connectivity index (χ3v) is 6.67. The molecule has 3 atom stereocenters. The molecule has 1 saturated carbocycles. The van der Waals surface area contributed by atoms with Crippen molar-refractivity contribution in [3.05, 3.63) is 0 Å². The summed E-state index contributed by atoms with van der Waals surface area (Å²) in [5, 5.41) is 23.0. The predicted molar refractivity (Wildman–Crippen MR) is 111 cm³/mol. The van der Waals surface area contributed by atoms with E-state index in [2.05, 4.69) is 10.6 Å². The molecule has 31 heavy (non-hydrogen) atoms. The number of esters is 1. The van der Waals surface area contributed by atoms with Crippen LogP contribution in [0.2, 0.25) is 0 Å². The molecule has 0 aromatic rings. The molecule has 0 radical (unpaired) electrons. The third kappa shape index (κ3) is 7.21. The predicted octanol–water partition coefficient (Wildman–Crippen LogP) is 0.896. The van der Waals surface area contributed by atoms with Crippen LogP contribution in [-0.2, 0) is 28.4 Å². The number of carboxylic acids is 1. The first-order chi connectivity index (χ1) is 14.5. The second-order valence-electron chi connectivity index (χ2n) is 8.00. The highest BCUT2D eigenvalue weighted by molar-refractivity contribution is 7.25. The van der Waals surface area contributed by atoms with E-state index in [-0.39, 0.29) is 44.9 Å². The van der Waals surface area contributed by atoms with Crippen molar-refractivity contribution in [2.75, 3.05) is 19.8 Å². The Morgan fingerprint density at radius 1 is 1.10 bits per heavy atom. The number of amides is 2. The average molecular weight is 464 g/mol. The minimum absolute atomic E-state index is 0.0931. The van der Waals surface area contributed by atoms with E-state index in [9.17, 15) is 28.8 Å². The monoisotopic (exact) mass is 464 g/mol. The molecule has 1 aliphatic rings. The van der Waals surface area contributed by atoms with Crippen LogP contribution in [0.25, 0.3) is 0 Å². The van der Waals surface area contributed by atoms with Crippen molar-refractivity contribution in [2.24, 2.45) is 11.3 Å². The summed E-state index contributed by atoms with van der Waals surface area (Å²) in [6, 6.07) is -1.16. The van der Waals surface area contributed by atoms with Gasteiger partial charge in [0.1, 0.15) is 24.6 Å². The van der Waals surface area contributed by atoms with Crippen LogP contribution in [-0.4, -0.2) is 65.3 Å². The molecule has 1 aliphatic carbocycles. The Labute approximate surface area is 182 Å². The molecule has 0 aromatic heterocycles. The minimum Gasteiger partial charge on any atom is -0.480 e. The first-order valence-electron chi connectivity index (χ1n) is 10.3. The van der Waals surface area contributed by atoms with Crippen molar-refractivity contribution in [3.8, 4) is 0 Å². The highest BCUT2D eigenvalue weighted by atomic mass is 31.1. The number of rotatable bonds is 12. The van der Waals surface area contributed by atoms with Gasteiger partial charge in [0.05, 0.1) is 19.8 Å². The van der Waals surface area contributed by atoms with Crippen LogP contribution in [0.15, 0.2) is 0 Å². The molecule has 0 heterocycles. The number of hydrogen-bond acceptors (Lipinski definition) is 8. The summed E-state index contributed by atoms with van der Waals surface area (Å²) in [7, 11) is -1.82. The van der Waals surface area contributed by atoms with Gasteiger partial charge in [-0.15, -0.1) is 0 Å². The van der Waals surface area contributed by atoms with Gasteiger partial charge >= 0.3 is 18.0 Å². The highest BCUT2D eigenvalue weighted by Gasteiger charge is 2.56. The van der Waals surface area contributed by atoms with Gasteiger partial charge in [-0.1, -0.05) is 26.7 Å². The van der Waals surface area contributed by atoms with Crippen LogP contribution in [0.5, 0.6) is 0 Å². The lowest BCUT2D eigenvalue weighted by atomic mass is 9.77. The summed E-state index contributed by atoms with van der Waals surface area (Å²) in [5.74, 6) is -2.58. The third-order valence-electron chi connectivity index (χ3n) is 5.44. The number of alkyl carbamates (subject to hydrolysis) is 1. The van der Waals surface area contributed by atoms with Crippen molar-refractivity contribution < 1.29 is 43.4 Å². The summed E-state index contributed by atoms with van der Waals surface area (Å²) < 4.78 is 21.8. The fourth-order valence-corrected chi connectivity index (χ4v) is 4.40. The zero-order valence-corrected chi connectivity index (χ0v) is 19.3. The van der Waals surface area contributed by atoms with Crippen molar-refractivity contribution in [2.45, 2.75) is 64.3 Å². The van der Waals surface area contributed by atoms with Crippen molar-refractivity contribution in [1.29, 1.82) is 0 Å². The van der Waals surface area contributed by atoms with E-state index in [0.29, 0.717) is 12.8 Å². The van der Waals surface area contributed by atoms with Gasteiger partial charge in [0.15, 0.2) is 0 Å². The van der Waals surface area contributed by atoms with Gasteiger partial charge in [0, 0.05) is 13.0 Å². The van der Waals surface area contributed by atoms with Crippen molar-refractivity contribution in [1.82, 2.24) is 10.6 Å². The molecule has 0 spiro atoms. The van der Waals surface area contributed by atoms with Crippen molar-refractivity contribution in [3.63, 3.8) is 0 Å². The number of hydrogen-bond donors (Lipinski definition) is 4. The molecule has 12 heteroatoms. The Morgan fingerprint density at radius 3 is 2.19 bits per heavy atom. The summed E-state index contributed by atoms with van der Waals surface area (Å²) in [6.45, 7) is 4.30. The molecule has 1 rings (SSSR count). The molecular formula is C19H33N2O9P. The topological polar surface area (TPSA) is 168 Å². The van der Waals surface area contributed by atoms with E-state index in [4.69, 9.17) is 14.6 Å². The zero-order chi connectivity index (χ0) is 23.7. The van der Waals surface area contributed by atoms with E-state index in [1.54, 1.807) is 13.8 Å². The number of aliphatic hydroxyl groups is 1. The van der Waals surface area contributed by atoms with Crippen molar-refractivity contribution >= 4 is 32.4 Å². The summed E-state index contributed by atoms with van der Waals surface area (Å²) in [5.41, 5.74) is -1.38. The Kier molecular flexibility index (Phi) is 10.5. The lowest BCUT2D eigenvalue weighted by molar-refractivity contribution is -0.148. The van der Waals surface area contributed by atoms with Gasteiger partial charge in [-0.2, -0.15) is 0 Å². The molecule has 11 nitrogen and oxygen atoms in total. The largest absolute Gasteiger partial charge is 0.480 e. The van der Waals surface area contributed by atoms with Gasteiger partial charge < -0.3 is 34.9 Å².